The topological polar surface area (TPSA) is 22.8 Å². The van der Waals surface area contributed by atoms with Gasteiger partial charge in [-0.15, -0.1) is 0 Å². The molecule has 11 rings (SSSR count). The Kier molecular flexibility index (Phi) is 4.58. The van der Waals surface area contributed by atoms with Crippen LogP contribution in [0, 0.1) is 0 Å². The molecule has 0 saturated carbocycles. The first-order valence-corrected chi connectivity index (χ1v) is 15.8. The van der Waals surface area contributed by atoms with Crippen LogP contribution in [0.1, 0.15) is 0 Å². The molecule has 0 bridgehead atoms. The Morgan fingerprint density at radius 2 is 1.02 bits per heavy atom. The highest BCUT2D eigenvalue weighted by atomic mass is 15.1. The molecule has 3 nitrogen and oxygen atoms in total. The molecule has 3 heterocycles. The summed E-state index contributed by atoms with van der Waals surface area (Å²) >= 11 is 0. The van der Waals surface area contributed by atoms with Gasteiger partial charge < -0.3 is 4.57 Å². The van der Waals surface area contributed by atoms with Crippen LogP contribution in [-0.4, -0.2) is 14.1 Å². The van der Waals surface area contributed by atoms with Gasteiger partial charge in [0.05, 0.1) is 22.2 Å². The lowest BCUT2D eigenvalue weighted by Crippen LogP contribution is -1.98. The van der Waals surface area contributed by atoms with Crippen molar-refractivity contribution in [3.05, 3.63) is 152 Å². The Labute approximate surface area is 264 Å². The van der Waals surface area contributed by atoms with Crippen molar-refractivity contribution in [3.63, 3.8) is 0 Å². The number of rotatable bonds is 2. The molecule has 212 valence electrons. The van der Waals surface area contributed by atoms with E-state index in [0.717, 1.165) is 16.7 Å². The number of aromatic nitrogens is 3. The van der Waals surface area contributed by atoms with Gasteiger partial charge in [0.25, 0.3) is 0 Å². The van der Waals surface area contributed by atoms with Crippen LogP contribution in [0.3, 0.4) is 0 Å². The SMILES string of the molecule is c1ccc(-n2c3ncccc3c3c4c(c5ccccc5c32)c2ccccc2n4-c2ccc3c4c(cccc24)-c2ccccc2-3)cc1. The molecule has 0 amide bonds. The quantitative estimate of drug-likeness (QED) is 0.198. The van der Waals surface area contributed by atoms with Crippen LogP contribution in [0.15, 0.2) is 152 Å². The average molecular weight is 584 g/mol. The first kappa shape index (κ1) is 24.2. The van der Waals surface area contributed by atoms with E-state index < -0.39 is 0 Å². The van der Waals surface area contributed by atoms with E-state index in [1.165, 1.54) is 82.2 Å². The number of nitrogens with zero attached hydrogens (tertiary/aromatic N) is 3. The predicted molar refractivity (Wildman–Crippen MR) is 192 cm³/mol. The molecule has 10 aromatic rings. The lowest BCUT2D eigenvalue weighted by Gasteiger charge is -2.15. The smallest absolute Gasteiger partial charge is 0.145 e. The van der Waals surface area contributed by atoms with Crippen molar-refractivity contribution in [2.45, 2.75) is 0 Å². The van der Waals surface area contributed by atoms with Crippen molar-refractivity contribution in [1.82, 2.24) is 14.1 Å². The fourth-order valence-corrected chi connectivity index (χ4v) is 8.33. The maximum Gasteiger partial charge on any atom is 0.145 e. The highest BCUT2D eigenvalue weighted by molar-refractivity contribution is 6.36. The molecule has 3 heteroatoms. The van der Waals surface area contributed by atoms with Gasteiger partial charge in [-0.25, -0.2) is 4.98 Å². The van der Waals surface area contributed by atoms with Crippen LogP contribution in [-0.2, 0) is 0 Å². The molecule has 0 saturated heterocycles. The van der Waals surface area contributed by atoms with Crippen molar-refractivity contribution < 1.29 is 0 Å². The number of para-hydroxylation sites is 2. The molecule has 0 N–H and O–H groups in total. The largest absolute Gasteiger partial charge is 0.308 e. The van der Waals surface area contributed by atoms with E-state index in [1.807, 2.05) is 6.20 Å². The standard InChI is InChI=1S/C43H25N3/c1-2-12-26(13-3-1)45-41-32-17-7-6-16-30(32)39-34-18-8-9-22-36(34)46(42(39)40(41)35-21-11-25-44-43(35)45)37-24-23-31-28-15-5-4-14-27(28)29-19-10-20-33(37)38(29)31/h1-25H. The molecule has 0 unspecified atom stereocenters. The summed E-state index contributed by atoms with van der Waals surface area (Å²) < 4.78 is 4.89. The minimum Gasteiger partial charge on any atom is -0.308 e. The molecule has 7 aromatic carbocycles. The maximum absolute atomic E-state index is 5.02. The highest BCUT2D eigenvalue weighted by Gasteiger charge is 2.27. The van der Waals surface area contributed by atoms with Crippen molar-refractivity contribution in [2.75, 3.05) is 0 Å². The molecule has 3 aromatic heterocycles. The van der Waals surface area contributed by atoms with Crippen LogP contribution >= 0.6 is 0 Å². The van der Waals surface area contributed by atoms with Gasteiger partial charge in [-0.3, -0.25) is 4.57 Å². The summed E-state index contributed by atoms with van der Waals surface area (Å²) in [5.74, 6) is 0. The minimum atomic E-state index is 0.967. The summed E-state index contributed by atoms with van der Waals surface area (Å²) in [5, 5.41) is 9.98. The van der Waals surface area contributed by atoms with Crippen LogP contribution in [0.25, 0.3) is 98.9 Å². The van der Waals surface area contributed by atoms with Crippen LogP contribution < -0.4 is 0 Å². The molecule has 0 radical (unpaired) electrons. The number of hydrogen-bond acceptors (Lipinski definition) is 1. The Hall–Kier alpha value is -6.19. The Morgan fingerprint density at radius 3 is 1.87 bits per heavy atom. The molecular formula is C43H25N3. The zero-order valence-electron chi connectivity index (χ0n) is 24.8. The Bertz CT molecular complexity index is 2880. The normalized spacial score (nSPS) is 12.3. The van der Waals surface area contributed by atoms with Gasteiger partial charge in [-0.05, 0) is 69.4 Å². The second kappa shape index (κ2) is 8.71. The molecule has 1 aliphatic rings. The van der Waals surface area contributed by atoms with Crippen molar-refractivity contribution in [3.8, 4) is 33.6 Å². The molecule has 0 fully saturated rings. The lowest BCUT2D eigenvalue weighted by molar-refractivity contribution is 1.14. The van der Waals surface area contributed by atoms with E-state index in [2.05, 4.69) is 155 Å². The average Bonchev–Trinajstić information content (AvgIpc) is 3.76. The summed E-state index contributed by atoms with van der Waals surface area (Å²) in [5.41, 5.74) is 12.1. The molecule has 0 aliphatic heterocycles. The van der Waals surface area contributed by atoms with Crippen LogP contribution in [0.5, 0.6) is 0 Å². The first-order valence-electron chi connectivity index (χ1n) is 15.8. The second-order valence-corrected chi connectivity index (χ2v) is 12.3. The maximum atomic E-state index is 5.02. The van der Waals surface area contributed by atoms with Crippen LogP contribution in [0.4, 0.5) is 0 Å². The fraction of sp³-hybridized carbons (Fsp3) is 0. The summed E-state index contributed by atoms with van der Waals surface area (Å²) in [7, 11) is 0. The third-order valence-electron chi connectivity index (χ3n) is 10.1. The highest BCUT2D eigenvalue weighted by Crippen LogP contribution is 2.51. The molecule has 1 aliphatic carbocycles. The first-order chi connectivity index (χ1) is 22.9. The van der Waals surface area contributed by atoms with E-state index in [1.54, 1.807) is 0 Å². The van der Waals surface area contributed by atoms with Gasteiger partial charge in [0, 0.05) is 44.2 Å². The van der Waals surface area contributed by atoms with Gasteiger partial charge in [-0.1, -0.05) is 109 Å². The van der Waals surface area contributed by atoms with E-state index in [0.29, 0.717) is 0 Å². The zero-order valence-corrected chi connectivity index (χ0v) is 24.8. The van der Waals surface area contributed by atoms with Crippen molar-refractivity contribution >= 4 is 65.3 Å². The molecular weight excluding hydrogens is 558 g/mol. The summed E-state index contributed by atoms with van der Waals surface area (Å²) in [4.78, 5) is 5.02. The van der Waals surface area contributed by atoms with Gasteiger partial charge in [0.1, 0.15) is 5.65 Å². The second-order valence-electron chi connectivity index (χ2n) is 12.3. The Balaban J connectivity index is 1.42. The summed E-state index contributed by atoms with van der Waals surface area (Å²) in [6, 6.07) is 53.1. The number of benzene rings is 7. The summed E-state index contributed by atoms with van der Waals surface area (Å²) in [6.07, 6.45) is 1.91. The van der Waals surface area contributed by atoms with Crippen LogP contribution in [0.2, 0.25) is 0 Å². The predicted octanol–water partition coefficient (Wildman–Crippen LogP) is 11.2. The molecule has 0 atom stereocenters. The van der Waals surface area contributed by atoms with Crippen molar-refractivity contribution in [2.24, 2.45) is 0 Å². The van der Waals surface area contributed by atoms with Gasteiger partial charge in [0.2, 0.25) is 0 Å². The van der Waals surface area contributed by atoms with Gasteiger partial charge >= 0.3 is 0 Å². The lowest BCUT2D eigenvalue weighted by atomic mass is 9.99. The number of hydrogen-bond donors (Lipinski definition) is 0. The summed E-state index contributed by atoms with van der Waals surface area (Å²) in [6.45, 7) is 0. The van der Waals surface area contributed by atoms with Gasteiger partial charge in [0.15, 0.2) is 0 Å². The third-order valence-corrected chi connectivity index (χ3v) is 10.1. The van der Waals surface area contributed by atoms with E-state index in [4.69, 9.17) is 4.98 Å². The fourth-order valence-electron chi connectivity index (χ4n) is 8.33. The van der Waals surface area contributed by atoms with E-state index in [-0.39, 0.29) is 0 Å². The van der Waals surface area contributed by atoms with E-state index >= 15 is 0 Å². The molecule has 0 spiro atoms. The number of pyridine rings is 1. The van der Waals surface area contributed by atoms with Crippen molar-refractivity contribution in [1.29, 1.82) is 0 Å². The van der Waals surface area contributed by atoms with E-state index in [9.17, 15) is 0 Å². The Morgan fingerprint density at radius 1 is 0.370 bits per heavy atom. The minimum absolute atomic E-state index is 0.967. The van der Waals surface area contributed by atoms with Gasteiger partial charge in [-0.2, -0.15) is 0 Å². The third kappa shape index (κ3) is 2.90. The zero-order chi connectivity index (χ0) is 29.9. The molecule has 46 heavy (non-hydrogen) atoms. The monoisotopic (exact) mass is 583 g/mol. The number of fused-ring (bicyclic) bond motifs is 13.